The van der Waals surface area contributed by atoms with E-state index in [2.05, 4.69) is 0 Å². The van der Waals surface area contributed by atoms with Gasteiger partial charge in [-0.2, -0.15) is 0 Å². The van der Waals surface area contributed by atoms with Crippen LogP contribution < -0.4 is 0 Å². The normalized spacial score (nSPS) is 30.2. The quantitative estimate of drug-likeness (QED) is 0.135. The van der Waals surface area contributed by atoms with Gasteiger partial charge in [0.15, 0.2) is 0 Å². The zero-order valence-corrected chi connectivity index (χ0v) is 63.0. The summed E-state index contributed by atoms with van der Waals surface area (Å²) in [5.74, 6) is -2.26. The highest BCUT2D eigenvalue weighted by Crippen LogP contribution is 2.22. The molecule has 1 unspecified atom stereocenters. The van der Waals surface area contributed by atoms with Crippen LogP contribution in [0.1, 0.15) is 379 Å². The molecule has 0 heteroatoms. The topological polar surface area (TPSA) is 0 Å². The Kier molecular flexibility index (Phi) is 11.3. The molecular weight excluding hydrogens is 1420 g/mol. The van der Waals surface area contributed by atoms with Gasteiger partial charge in [-0.05, 0) is 290 Å². The molecule has 0 aliphatic heterocycles. The average molecular weight is 1680 g/mol. The fourth-order valence-electron chi connectivity index (χ4n) is 6.97. The second-order valence-corrected chi connectivity index (χ2v) is 20.8. The van der Waals surface area contributed by atoms with Crippen molar-refractivity contribution in [3.63, 3.8) is 0 Å². The lowest BCUT2D eigenvalue weighted by Crippen LogP contribution is -2.00. The Hall–Kier alpha value is -10.9. The van der Waals surface area contributed by atoms with Gasteiger partial charge in [-0.25, -0.2) is 0 Å². The molecule has 0 saturated carbocycles. The molecule has 0 N–H and O–H groups in total. The van der Waals surface area contributed by atoms with Crippen molar-refractivity contribution in [3.05, 3.63) is 495 Å². The monoisotopic (exact) mass is 1680 g/mol. The van der Waals surface area contributed by atoms with E-state index in [0.29, 0.717) is 0 Å². The van der Waals surface area contributed by atoms with Crippen LogP contribution in [-0.2, 0) is 63.7 Å². The van der Waals surface area contributed by atoms with E-state index in [1.54, 1.807) is 0 Å². The third-order valence-electron chi connectivity index (χ3n) is 12.3. The van der Waals surface area contributed by atoms with E-state index in [0.717, 1.165) is 27.7 Å². The van der Waals surface area contributed by atoms with Crippen molar-refractivity contribution in [1.82, 2.24) is 0 Å². The van der Waals surface area contributed by atoms with E-state index >= 15 is 0 Å². The lowest BCUT2D eigenvalue weighted by Gasteiger charge is -2.13. The predicted octanol–water partition coefficient (Wildman–Crippen LogP) is 32.6. The summed E-state index contributed by atoms with van der Waals surface area (Å²) in [6.07, 6.45) is -31.1. The number of hydrogen-bond acceptors (Lipinski definition) is 0. The molecule has 1 atom stereocenters. The zero-order chi connectivity index (χ0) is 187. The molecule has 16 rings (SSSR count). The lowest BCUT2D eigenvalue weighted by atomic mass is 9.92. The maximum atomic E-state index is 8.33. The molecular formula is C118H144. The first-order valence-electron chi connectivity index (χ1n) is 91.9. The maximum absolute atomic E-state index is 8.33. The van der Waals surface area contributed by atoms with Gasteiger partial charge in [0.2, 0.25) is 0 Å². The first kappa shape index (κ1) is 23.0. The van der Waals surface area contributed by atoms with Crippen LogP contribution in [-0.4, -0.2) is 0 Å². The highest BCUT2D eigenvalue weighted by Gasteiger charge is 2.08. The molecule has 2 aliphatic rings. The summed E-state index contributed by atoms with van der Waals surface area (Å²) in [4.78, 5) is 0. The highest BCUT2D eigenvalue weighted by molar-refractivity contribution is 5.36. The van der Waals surface area contributed by atoms with Crippen LogP contribution in [0.4, 0.5) is 0 Å². The minimum atomic E-state index is -3.34. The summed E-state index contributed by atoms with van der Waals surface area (Å²) < 4.78 is 893. The van der Waals surface area contributed by atoms with Crippen LogP contribution in [0.3, 0.4) is 0 Å². The third-order valence-corrected chi connectivity index (χ3v) is 12.3. The third kappa shape index (κ3) is 41.8. The van der Waals surface area contributed by atoms with E-state index in [1.165, 1.54) is 20.8 Å². The maximum Gasteiger partial charge on any atom is 0.0629 e. The van der Waals surface area contributed by atoms with Gasteiger partial charge in [-0.3, -0.25) is 0 Å². The average Bonchev–Trinajstić information content (AvgIpc) is 0.671. The summed E-state index contributed by atoms with van der Waals surface area (Å²) in [7, 11) is 0. The summed E-state index contributed by atoms with van der Waals surface area (Å²) in [6, 6.07) is -40.8. The Bertz CT molecular complexity index is 10600. The van der Waals surface area contributed by atoms with Crippen molar-refractivity contribution in [1.29, 1.82) is 0 Å². The minimum absolute atomic E-state index is 0.0387. The van der Waals surface area contributed by atoms with Gasteiger partial charge in [-0.15, -0.1) is 0 Å². The zero-order valence-electron chi connectivity index (χ0n) is 181. The van der Waals surface area contributed by atoms with Crippen LogP contribution in [0.15, 0.2) is 350 Å². The minimum Gasteiger partial charge on any atom is -0.0622 e. The second-order valence-electron chi connectivity index (χ2n) is 20.8. The summed E-state index contributed by atoms with van der Waals surface area (Å²) in [6.45, 7) is -25.0. The number of hydrogen-bond donors (Lipinski definition) is 0. The van der Waals surface area contributed by atoms with Crippen LogP contribution in [0, 0.1) is 89.2 Å². The Morgan fingerprint density at radius 2 is 0.669 bits per heavy atom. The summed E-state index contributed by atoms with van der Waals surface area (Å²) in [5.41, 5.74) is -15.6. The van der Waals surface area contributed by atoms with Crippen molar-refractivity contribution in [2.24, 2.45) is 0 Å². The Labute approximate surface area is 884 Å². The van der Waals surface area contributed by atoms with Crippen molar-refractivity contribution >= 4 is 0 Å². The molecule has 14 aromatic carbocycles. The Morgan fingerprint density at radius 1 is 0.288 bits per heavy atom. The first-order valence-corrected chi connectivity index (χ1v) is 32.7. The van der Waals surface area contributed by atoms with Gasteiger partial charge < -0.3 is 0 Å². The predicted molar refractivity (Wildman–Crippen MR) is 522 cm³/mol. The van der Waals surface area contributed by atoms with E-state index < -0.39 is 621 Å². The van der Waals surface area contributed by atoms with Gasteiger partial charge in [0.1, 0.15) is 0 Å². The van der Waals surface area contributed by atoms with E-state index in [-0.39, 0.29) is 51.8 Å². The number of fused-ring (bicyclic) bond motifs is 2. The van der Waals surface area contributed by atoms with Crippen molar-refractivity contribution in [2.45, 2.75) is 226 Å². The molecule has 0 bridgehead atoms. The fourth-order valence-corrected chi connectivity index (χ4v) is 6.97. The van der Waals surface area contributed by atoms with Crippen molar-refractivity contribution < 1.29 is 162 Å². The molecule has 0 fully saturated rings. The van der Waals surface area contributed by atoms with Crippen LogP contribution in [0.25, 0.3) is 0 Å². The molecule has 0 radical (unpaired) electrons. The number of rotatable bonds is 9. The smallest absolute Gasteiger partial charge is 0.0622 e. The molecule has 0 amide bonds. The SMILES string of the molecule is [2H]c1c(C)c([2H])c(C([2H])([2H])[2H])c([2H])c1C([2H])([2H])[2H].[2H]c1c([2H])c(C([2H])([2H])C)c([2H])c([2H])c1C([2H])([2H])[2H].[2H]c1c([2H])c(C([2H])([2H])[2H])c(C([2H])([2H])[2H])c([2H])c1C([2H])([2H])[2H].[2H]c1c([2H])c(C([2H])([2H])[2H])c([2H])c(C([2H])([2H])C)c1[2H].[2H]c1c([2H])c(C)c(C([2H])([2H])[2H])c(C([2H])([2H])[2H])c1[2H].[2H]c1c([2H])c([2H])c(C([2H])(C)C([2H])([2H])[2H])c([2H])c1[2H].[2H]c1c([2H])c([2H])c(C([2H])([2H])C)c(C([2H])[2H])c1[2H].[2H]c1c([2H])c([2H])c(C([2H])([2H])C)c([2H])c1[2H].[2H]c1c([2H])c([2H])c(C([2H])([2H])c2c([2H])c([2H])c([2H])c(C([2H])([2H])[2H])c2[2H])c([2H])c1[2H].[2H]c1c([2H])c([2H])c(C([2H])([2H])c2c([2H])c([2H])c([2H])c([2H])c2[2H])c([2H])c1[2H].[2H]c1c([2H])c([2H])c2c(c1[2H])C([2H])([2H])C([2H])([2H])C([2H])([2H])C2([2H])[2H].[2H]c1c([2H])c([2H])c2c(c1[2H])C([2H])([2H])CCC2([2H])[2H]. The molecule has 0 nitrogen and oxygen atoms in total. The molecule has 0 saturated heterocycles. The van der Waals surface area contributed by atoms with Gasteiger partial charge in [0, 0.05) is 82.2 Å². The van der Waals surface area contributed by atoms with E-state index in [1.807, 2.05) is 0 Å². The largest absolute Gasteiger partial charge is 0.0629 e. The van der Waals surface area contributed by atoms with Crippen LogP contribution in [0.5, 0.6) is 0 Å². The van der Waals surface area contributed by atoms with Gasteiger partial charge >= 0.3 is 0 Å². The van der Waals surface area contributed by atoms with Gasteiger partial charge in [0.25, 0.3) is 0 Å². The Balaban J connectivity index is 0.000000445. The van der Waals surface area contributed by atoms with Crippen molar-refractivity contribution in [2.75, 3.05) is 0 Å². The standard InChI is InChI=1S/C14H14.C13H12.2C10H12.7C9H12.C8H10/c1-12-6-5-9-14(10-12)11-13-7-3-2-4-8-13;1-3-7-12(8-4-1)11-13-9-5-2-6-10-13;2*1-2-6-10-8-4-3-7-9(10)5-1;1-7-4-8(2)6-9(3)5-7;1-7-4-5-8(2)9(3)6-7;1-7-5-4-6-8(2)9(7)3;1-8(2)9-6-4-3-5-7-9;1-3-9-6-4-8(2)5-7-9;1-3-9-6-4-5-8(2)7-9;1-3-9-7-5-4-6-8(9)2;1-2-8-6-4-3-5-7-8/h2-10H,11H2,1H3;1-10H,11H2;2*1-2,5-6H,3-4,7-8H2;3*4-6H,1-3H3;3-8H,1-2H3;3*4-7H,3H2,1-2H3;3-7H,2H2,1H3/i1D3,2D,3D,4D,5D,6D,7D,8D,9D,10D,11D2;1D,2D,3D,4D,5D,6D,7D,8D,9D,10D,11D2;1D,2D,3D2,4D2,5D,6D,7D2,8D2;1D,2D,5D,6D,7D2,8D2;1D3,2D3,4D,5D,6D;1D3,2D3,3D3,4D,5D,6D;1D3,3D3,4D,5D,6D;1D3,3D,4D,5D,6D,7D,8D;2*2D3,3D2,4D,5D,6D,7D;2D2,3D2,4D,5D,6D,7D;2D2,3D,4D,5D,6D,7D. The van der Waals surface area contributed by atoms with E-state index in [9.17, 15) is 0 Å². The fraction of sp³-hybridized carbons (Fsp3) is 0.288. The summed E-state index contributed by atoms with van der Waals surface area (Å²) >= 11 is 0. The summed E-state index contributed by atoms with van der Waals surface area (Å²) in [5, 5.41) is 0. The highest BCUT2D eigenvalue weighted by atomic mass is 14.1. The second kappa shape index (κ2) is 58.0. The molecule has 0 spiro atoms. The molecule has 118 heavy (non-hydrogen) atoms. The molecule has 14 aromatic rings. The lowest BCUT2D eigenvalue weighted by molar-refractivity contribution is 0.685. The first-order chi connectivity index (χ1) is 104. The van der Waals surface area contributed by atoms with Crippen LogP contribution in [0.2, 0.25) is 0 Å². The molecule has 0 aromatic heterocycles. The van der Waals surface area contributed by atoms with Crippen LogP contribution >= 0.6 is 0 Å². The van der Waals surface area contributed by atoms with E-state index in [4.69, 9.17) is 162 Å². The Morgan fingerprint density at radius 3 is 1.14 bits per heavy atom. The van der Waals surface area contributed by atoms with Gasteiger partial charge in [0.05, 0.1) is 79.5 Å². The molecule has 616 valence electrons. The molecule has 0 heterocycles. The van der Waals surface area contributed by atoms with Gasteiger partial charge in [-0.1, -0.05) is 431 Å². The number of benzene rings is 14. The molecule has 2 aliphatic carbocycles. The van der Waals surface area contributed by atoms with Crippen molar-refractivity contribution in [3.8, 4) is 0 Å².